The van der Waals surface area contributed by atoms with E-state index in [9.17, 15) is 5.11 Å². The van der Waals surface area contributed by atoms with Crippen LogP contribution in [0.15, 0.2) is 16.6 Å². The van der Waals surface area contributed by atoms with Crippen LogP contribution >= 0.6 is 15.9 Å². The molecule has 0 spiro atoms. The Balaban J connectivity index is 3.24. The van der Waals surface area contributed by atoms with E-state index in [-0.39, 0.29) is 5.75 Å². The lowest BCUT2D eigenvalue weighted by Gasteiger charge is -2.05. The molecule has 0 saturated carbocycles. The van der Waals surface area contributed by atoms with Gasteiger partial charge in [-0.3, -0.25) is 0 Å². The fourth-order valence-electron chi connectivity index (χ4n) is 0.866. The first-order valence-electron chi connectivity index (χ1n) is 3.18. The molecule has 11 heavy (non-hydrogen) atoms. The van der Waals surface area contributed by atoms with Crippen LogP contribution in [0.1, 0.15) is 5.56 Å². The number of benzene rings is 1. The van der Waals surface area contributed by atoms with Gasteiger partial charge >= 0.3 is 0 Å². The summed E-state index contributed by atoms with van der Waals surface area (Å²) in [6, 6.07) is 3.52. The van der Waals surface area contributed by atoms with Gasteiger partial charge in [0.1, 0.15) is 16.0 Å². The quantitative estimate of drug-likeness (QED) is 0.782. The van der Waals surface area contributed by atoms with Crippen molar-refractivity contribution in [1.29, 1.82) is 0 Å². The molecule has 0 fully saturated rings. The Morgan fingerprint density at radius 2 is 2.09 bits per heavy atom. The van der Waals surface area contributed by atoms with Crippen molar-refractivity contribution in [3.63, 3.8) is 0 Å². The Bertz CT molecular complexity index is 271. The van der Waals surface area contributed by atoms with Crippen LogP contribution in [0.2, 0.25) is 0 Å². The number of hydrogen-bond donors (Lipinski definition) is 1. The molecule has 1 rings (SSSR count). The molecule has 3 heteroatoms. The molecule has 1 N–H and O–H groups in total. The van der Waals surface area contributed by atoms with Gasteiger partial charge < -0.3 is 9.84 Å². The first-order chi connectivity index (χ1) is 5.15. The number of halogens is 1. The first-order valence-corrected chi connectivity index (χ1v) is 3.97. The Morgan fingerprint density at radius 1 is 1.45 bits per heavy atom. The number of ether oxygens (including phenoxy) is 1. The van der Waals surface area contributed by atoms with Gasteiger partial charge in [0.25, 0.3) is 0 Å². The minimum Gasteiger partial charge on any atom is -0.507 e. The molecule has 0 amide bonds. The zero-order valence-corrected chi connectivity index (χ0v) is 7.97. The predicted octanol–water partition coefficient (Wildman–Crippen LogP) is 2.47. The van der Waals surface area contributed by atoms with Crippen LogP contribution in [0.4, 0.5) is 0 Å². The smallest absolute Gasteiger partial charge is 0.137 e. The van der Waals surface area contributed by atoms with Gasteiger partial charge in [-0.25, -0.2) is 0 Å². The van der Waals surface area contributed by atoms with Crippen molar-refractivity contribution >= 4 is 15.9 Å². The highest BCUT2D eigenvalue weighted by molar-refractivity contribution is 9.10. The molecule has 0 aliphatic carbocycles. The molecule has 0 atom stereocenters. The van der Waals surface area contributed by atoms with Crippen molar-refractivity contribution in [3.05, 3.63) is 22.2 Å². The molecule has 1 aromatic carbocycles. The normalized spacial score (nSPS) is 9.73. The van der Waals surface area contributed by atoms with Gasteiger partial charge in [-0.2, -0.15) is 0 Å². The molecular formula is C8H9BrO2. The van der Waals surface area contributed by atoms with Crippen molar-refractivity contribution in [1.82, 2.24) is 0 Å². The number of rotatable bonds is 1. The number of phenolic OH excluding ortho intramolecular Hbond substituents is 1. The van der Waals surface area contributed by atoms with E-state index in [4.69, 9.17) is 4.74 Å². The minimum atomic E-state index is 0.210. The maximum Gasteiger partial charge on any atom is 0.137 e. The highest BCUT2D eigenvalue weighted by atomic mass is 79.9. The average molecular weight is 217 g/mol. The van der Waals surface area contributed by atoms with E-state index in [0.29, 0.717) is 10.2 Å². The second kappa shape index (κ2) is 3.13. The lowest BCUT2D eigenvalue weighted by molar-refractivity contribution is 0.403. The second-order valence-electron chi connectivity index (χ2n) is 2.30. The number of aromatic hydroxyl groups is 1. The van der Waals surface area contributed by atoms with Crippen LogP contribution in [0.5, 0.6) is 11.5 Å². The maximum absolute atomic E-state index is 9.29. The molecule has 0 radical (unpaired) electrons. The van der Waals surface area contributed by atoms with E-state index in [0.717, 1.165) is 5.56 Å². The van der Waals surface area contributed by atoms with Gasteiger partial charge in [-0.1, -0.05) is 0 Å². The van der Waals surface area contributed by atoms with Gasteiger partial charge in [0.15, 0.2) is 0 Å². The van der Waals surface area contributed by atoms with Gasteiger partial charge in [-0.05, 0) is 40.5 Å². The molecule has 0 aliphatic rings. The van der Waals surface area contributed by atoms with Crippen LogP contribution in [0, 0.1) is 6.92 Å². The van der Waals surface area contributed by atoms with Crippen molar-refractivity contribution in [3.8, 4) is 11.5 Å². The monoisotopic (exact) mass is 216 g/mol. The lowest BCUT2D eigenvalue weighted by Crippen LogP contribution is -1.85. The number of aryl methyl sites for hydroxylation is 1. The highest BCUT2D eigenvalue weighted by Gasteiger charge is 2.05. The standard InChI is InChI=1S/C8H9BrO2/c1-5-3-6(10)8(9)7(4-5)11-2/h3-4,10H,1-2H3. The molecular weight excluding hydrogens is 208 g/mol. The molecule has 1 aromatic rings. The van der Waals surface area contributed by atoms with E-state index < -0.39 is 0 Å². The fraction of sp³-hybridized carbons (Fsp3) is 0.250. The third-order valence-electron chi connectivity index (χ3n) is 1.38. The van der Waals surface area contributed by atoms with E-state index >= 15 is 0 Å². The molecule has 2 nitrogen and oxygen atoms in total. The average Bonchev–Trinajstić information content (AvgIpc) is 1.96. The van der Waals surface area contributed by atoms with Gasteiger partial charge in [0.2, 0.25) is 0 Å². The lowest BCUT2D eigenvalue weighted by atomic mass is 10.2. The second-order valence-corrected chi connectivity index (χ2v) is 3.09. The zero-order chi connectivity index (χ0) is 8.43. The molecule has 0 unspecified atom stereocenters. The molecule has 0 heterocycles. The molecule has 0 bridgehead atoms. The SMILES string of the molecule is COc1cc(C)cc(O)c1Br. The van der Waals surface area contributed by atoms with Crippen LogP contribution in [0.25, 0.3) is 0 Å². The van der Waals surface area contributed by atoms with E-state index in [1.807, 2.05) is 13.0 Å². The molecule has 0 saturated heterocycles. The van der Waals surface area contributed by atoms with Gasteiger partial charge in [0.05, 0.1) is 7.11 Å². The summed E-state index contributed by atoms with van der Waals surface area (Å²) in [5.41, 5.74) is 0.975. The summed E-state index contributed by atoms with van der Waals surface area (Å²) in [7, 11) is 1.57. The van der Waals surface area contributed by atoms with Crippen LogP contribution in [0.3, 0.4) is 0 Å². The van der Waals surface area contributed by atoms with Crippen molar-refractivity contribution in [2.75, 3.05) is 7.11 Å². The Morgan fingerprint density at radius 3 is 2.64 bits per heavy atom. The third-order valence-corrected chi connectivity index (χ3v) is 2.18. The number of phenols is 1. The Kier molecular flexibility index (Phi) is 2.39. The number of hydrogen-bond acceptors (Lipinski definition) is 2. The van der Waals surface area contributed by atoms with Crippen molar-refractivity contribution in [2.24, 2.45) is 0 Å². The topological polar surface area (TPSA) is 29.5 Å². The summed E-state index contributed by atoms with van der Waals surface area (Å²) in [5, 5.41) is 9.29. The Hall–Kier alpha value is -0.700. The third kappa shape index (κ3) is 1.66. The largest absolute Gasteiger partial charge is 0.507 e. The summed E-state index contributed by atoms with van der Waals surface area (Å²) in [6.45, 7) is 1.90. The van der Waals surface area contributed by atoms with E-state index in [1.54, 1.807) is 13.2 Å². The van der Waals surface area contributed by atoms with Crippen molar-refractivity contribution < 1.29 is 9.84 Å². The van der Waals surface area contributed by atoms with E-state index in [1.165, 1.54) is 0 Å². The summed E-state index contributed by atoms with van der Waals surface area (Å²) < 4.78 is 5.60. The summed E-state index contributed by atoms with van der Waals surface area (Å²) >= 11 is 3.20. The summed E-state index contributed by atoms with van der Waals surface area (Å²) in [5.74, 6) is 0.865. The molecule has 0 aliphatic heterocycles. The maximum atomic E-state index is 9.29. The van der Waals surface area contributed by atoms with Crippen LogP contribution in [-0.2, 0) is 0 Å². The minimum absolute atomic E-state index is 0.210. The van der Waals surface area contributed by atoms with Gasteiger partial charge in [-0.15, -0.1) is 0 Å². The summed E-state index contributed by atoms with van der Waals surface area (Å²) in [6.07, 6.45) is 0. The number of methoxy groups -OCH3 is 1. The molecule has 0 aromatic heterocycles. The Labute approximate surface area is 73.9 Å². The van der Waals surface area contributed by atoms with Crippen LogP contribution < -0.4 is 4.74 Å². The summed E-state index contributed by atoms with van der Waals surface area (Å²) in [4.78, 5) is 0. The van der Waals surface area contributed by atoms with E-state index in [2.05, 4.69) is 15.9 Å². The van der Waals surface area contributed by atoms with Crippen LogP contribution in [-0.4, -0.2) is 12.2 Å². The predicted molar refractivity (Wildman–Crippen MR) is 47.1 cm³/mol. The first kappa shape index (κ1) is 8.40. The fourth-order valence-corrected chi connectivity index (χ4v) is 1.26. The highest BCUT2D eigenvalue weighted by Crippen LogP contribution is 2.34. The zero-order valence-electron chi connectivity index (χ0n) is 6.39. The van der Waals surface area contributed by atoms with Crippen molar-refractivity contribution in [2.45, 2.75) is 6.92 Å². The van der Waals surface area contributed by atoms with Gasteiger partial charge in [0, 0.05) is 0 Å². The molecule has 60 valence electrons.